The van der Waals surface area contributed by atoms with E-state index in [2.05, 4.69) is 36.8 Å². The van der Waals surface area contributed by atoms with E-state index in [0.29, 0.717) is 17.8 Å². The number of aromatic amines is 1. The van der Waals surface area contributed by atoms with Crippen molar-refractivity contribution in [1.29, 1.82) is 0 Å². The van der Waals surface area contributed by atoms with Crippen LogP contribution in [0.4, 0.5) is 14.6 Å². The summed E-state index contributed by atoms with van der Waals surface area (Å²) in [7, 11) is -4.73. The van der Waals surface area contributed by atoms with Crippen LogP contribution in [0.1, 0.15) is 57.9 Å². The number of aromatic nitrogens is 8. The second-order valence-corrected chi connectivity index (χ2v) is 18.9. The van der Waals surface area contributed by atoms with E-state index in [1.54, 1.807) is 0 Å². The van der Waals surface area contributed by atoms with Crippen LogP contribution in [0, 0.1) is 0 Å². The number of nitrogens with one attached hydrogen (secondary N) is 1. The third kappa shape index (κ3) is 8.69. The number of esters is 1. The van der Waals surface area contributed by atoms with Crippen LogP contribution in [-0.4, -0.2) is 112 Å². The zero-order valence-electron chi connectivity index (χ0n) is 29.7. The monoisotopic (exact) mass is 849 g/mol. The smallest absolute Gasteiger partial charge is 0.393 e. The van der Waals surface area contributed by atoms with Crippen LogP contribution in [0.3, 0.4) is 0 Å². The number of anilines is 1. The number of fused-ring (bicyclic) bond motifs is 5. The topological polar surface area (TPSA) is 269 Å². The number of rotatable bonds is 11. The SMILES string of the molecule is CCCCCCCC(=O)OCSP1(=O)OCC2O[C@@H](n3cnc4c(N)ncnc43)[C@H](F)[C@@H]2OCP(=O)(O)OC[C@H]2O[C@@H](n3cnc4c(=O)[nH]cnc43)[C@H](O1)[C@@H]2F. The van der Waals surface area contributed by atoms with Gasteiger partial charge in [-0.05, 0) is 6.42 Å². The highest BCUT2D eigenvalue weighted by atomic mass is 32.7. The molecule has 3 aliphatic rings. The highest BCUT2D eigenvalue weighted by Crippen LogP contribution is 2.64. The Kier molecular flexibility index (Phi) is 12.5. The molecule has 4 aromatic rings. The Hall–Kier alpha value is -3.44. The Labute approximate surface area is 320 Å². The van der Waals surface area contributed by atoms with Crippen molar-refractivity contribution in [3.8, 4) is 0 Å². The van der Waals surface area contributed by atoms with E-state index in [4.69, 9.17) is 38.3 Å². The Morgan fingerprint density at radius 3 is 2.48 bits per heavy atom. The molecule has 2 bridgehead atoms. The van der Waals surface area contributed by atoms with E-state index in [0.717, 1.165) is 49.2 Å². The number of imidazole rings is 2. The van der Waals surface area contributed by atoms with Gasteiger partial charge in [-0.2, -0.15) is 0 Å². The molecule has 7 heterocycles. The fourth-order valence-electron chi connectivity index (χ4n) is 6.44. The van der Waals surface area contributed by atoms with Crippen LogP contribution in [0.15, 0.2) is 30.1 Å². The third-order valence-electron chi connectivity index (χ3n) is 9.27. The van der Waals surface area contributed by atoms with E-state index in [9.17, 15) is 23.6 Å². The number of unbranched alkanes of at least 4 members (excludes halogenated alkanes) is 4. The van der Waals surface area contributed by atoms with E-state index < -0.39 is 101 Å². The quantitative estimate of drug-likeness (QED) is 0.0840. The van der Waals surface area contributed by atoms with Crippen molar-refractivity contribution >= 4 is 59.9 Å². The molecule has 3 unspecified atom stereocenters. The molecule has 4 N–H and O–H groups in total. The van der Waals surface area contributed by atoms with Gasteiger partial charge in [-0.3, -0.25) is 32.3 Å². The van der Waals surface area contributed by atoms with Gasteiger partial charge in [0.2, 0.25) is 0 Å². The minimum Gasteiger partial charge on any atom is -0.454 e. The van der Waals surface area contributed by atoms with Gasteiger partial charge in [0.05, 0.1) is 32.2 Å². The fourth-order valence-corrected chi connectivity index (χ4v) is 10.0. The van der Waals surface area contributed by atoms with Gasteiger partial charge in [-0.25, -0.2) is 38.3 Å². The fraction of sp³-hybridized carbons (Fsp3) is 0.633. The average Bonchev–Trinajstić information content (AvgIpc) is 3.93. The number of hydrogen-bond acceptors (Lipinski definition) is 18. The number of hydrogen-bond donors (Lipinski definition) is 3. The molecule has 3 fully saturated rings. The molecular weight excluding hydrogens is 810 g/mol. The molecule has 26 heteroatoms. The van der Waals surface area contributed by atoms with Crippen molar-refractivity contribution in [2.45, 2.75) is 94.7 Å². The summed E-state index contributed by atoms with van der Waals surface area (Å²) in [6.45, 7) is -4.19. The lowest BCUT2D eigenvalue weighted by Crippen LogP contribution is -2.36. The summed E-state index contributed by atoms with van der Waals surface area (Å²) in [5.74, 6) is -1.11. The first kappa shape index (κ1) is 40.7. The number of halogens is 2. The number of nitrogens with zero attached hydrogens (tertiary/aromatic N) is 7. The van der Waals surface area contributed by atoms with Gasteiger partial charge in [-0.1, -0.05) is 32.6 Å². The van der Waals surface area contributed by atoms with Crippen LogP contribution < -0.4 is 11.3 Å². The maximum Gasteiger partial charge on any atom is 0.393 e. The zero-order chi connectivity index (χ0) is 39.6. The molecule has 0 saturated carbocycles. The van der Waals surface area contributed by atoms with E-state index >= 15 is 8.78 Å². The number of carbonyl (C=O) groups is 1. The molecule has 4 aromatic heterocycles. The first-order chi connectivity index (χ1) is 26.9. The number of nitrogen functional groups attached to an aromatic ring is 1. The molecule has 3 saturated heterocycles. The van der Waals surface area contributed by atoms with Crippen molar-refractivity contribution in [2.24, 2.45) is 0 Å². The number of H-pyrrole nitrogens is 1. The molecule has 0 aromatic carbocycles. The first-order valence-corrected chi connectivity index (χ1v) is 22.5. The second kappa shape index (κ2) is 17.2. The van der Waals surface area contributed by atoms with Gasteiger partial charge in [-0.15, -0.1) is 0 Å². The Morgan fingerprint density at radius 1 is 0.964 bits per heavy atom. The molecule has 3 aliphatic heterocycles. The molecule has 0 spiro atoms. The van der Waals surface area contributed by atoms with Gasteiger partial charge in [0.15, 0.2) is 47.4 Å². The summed E-state index contributed by atoms with van der Waals surface area (Å²) in [4.78, 5) is 58.3. The standard InChI is InChI=1S/C30H39F2N9O12P2S/c1-2-3-4-5-6-7-18(42)48-15-56-55(46)50-9-17-23(20(32)29(52-17)40-12-38-21-25(33)34-10-35-26(21)40)47-14-54(44,45)49-8-16-19(31)24(53-55)30(51-16)41-13-39-22-27(41)36-11-37-28(22)43/h10-13,16-17,19-20,23-24,29-30H,2-9,14-15H2,1H3,(H,44,45)(H2,33,34,35)(H,36,37,43)/t16-,17?,19-,20-,23-,24-,29-,30-,55?/m1/s1. The normalized spacial score (nSPS) is 32.7. The van der Waals surface area contributed by atoms with Gasteiger partial charge < -0.3 is 39.1 Å². The van der Waals surface area contributed by atoms with Crippen molar-refractivity contribution in [3.05, 3.63) is 35.7 Å². The van der Waals surface area contributed by atoms with E-state index in [1.165, 1.54) is 10.9 Å². The molecule has 56 heavy (non-hydrogen) atoms. The van der Waals surface area contributed by atoms with Gasteiger partial charge in [0.1, 0.15) is 48.5 Å². The molecular formula is C30H39F2N9O12P2S. The number of nitrogens with two attached hydrogens (primary N) is 1. The molecule has 306 valence electrons. The van der Waals surface area contributed by atoms with Crippen LogP contribution >= 0.6 is 25.8 Å². The molecule has 0 radical (unpaired) electrons. The van der Waals surface area contributed by atoms with Crippen molar-refractivity contribution in [2.75, 3.05) is 31.2 Å². The average molecular weight is 850 g/mol. The lowest BCUT2D eigenvalue weighted by Gasteiger charge is -2.27. The minimum absolute atomic E-state index is 0.0139. The molecule has 21 nitrogen and oxygen atoms in total. The van der Waals surface area contributed by atoms with Crippen LogP contribution in [0.2, 0.25) is 0 Å². The van der Waals surface area contributed by atoms with Gasteiger partial charge in [0, 0.05) is 17.8 Å². The molecule has 0 amide bonds. The second-order valence-electron chi connectivity index (χ2n) is 13.1. The van der Waals surface area contributed by atoms with Crippen LogP contribution in [-0.2, 0) is 46.4 Å². The van der Waals surface area contributed by atoms with Crippen molar-refractivity contribution < 1.29 is 60.1 Å². The lowest BCUT2D eigenvalue weighted by molar-refractivity contribution is -0.141. The Bertz CT molecular complexity index is 2180. The number of ether oxygens (including phenoxy) is 4. The summed E-state index contributed by atoms with van der Waals surface area (Å²) in [5, 5.41) is 0. The predicted molar refractivity (Wildman–Crippen MR) is 191 cm³/mol. The van der Waals surface area contributed by atoms with Crippen molar-refractivity contribution in [1.82, 2.24) is 39.0 Å². The summed E-state index contributed by atoms with van der Waals surface area (Å²) >= 11 is 0.416. The van der Waals surface area contributed by atoms with Crippen LogP contribution in [0.5, 0.6) is 0 Å². The molecule has 0 aliphatic carbocycles. The zero-order valence-corrected chi connectivity index (χ0v) is 32.3. The Morgan fingerprint density at radius 2 is 1.68 bits per heavy atom. The third-order valence-corrected chi connectivity index (χ3v) is 13.6. The summed E-state index contributed by atoms with van der Waals surface area (Å²) < 4.78 is 103. The summed E-state index contributed by atoms with van der Waals surface area (Å²) in [6.07, 6.45) is -5.86. The summed E-state index contributed by atoms with van der Waals surface area (Å²) in [5.41, 5.74) is 5.34. The molecule has 7 rings (SSSR count). The van der Waals surface area contributed by atoms with E-state index in [1.807, 2.05) is 0 Å². The largest absolute Gasteiger partial charge is 0.454 e. The highest BCUT2D eigenvalue weighted by Gasteiger charge is 2.54. The number of carbonyl (C=O) groups excluding carboxylic acids is 1. The van der Waals surface area contributed by atoms with Crippen LogP contribution in [0.25, 0.3) is 22.3 Å². The first-order valence-electron chi connectivity index (χ1n) is 17.6. The highest BCUT2D eigenvalue weighted by molar-refractivity contribution is 8.55. The van der Waals surface area contributed by atoms with Gasteiger partial charge in [0.25, 0.3) is 5.56 Å². The molecule has 10 atom stereocenters. The van der Waals surface area contributed by atoms with Gasteiger partial charge >= 0.3 is 20.4 Å². The maximum atomic E-state index is 16.4. The summed E-state index contributed by atoms with van der Waals surface area (Å²) in [6, 6.07) is 0. The Balaban J connectivity index is 1.18. The number of alkyl halides is 2. The lowest BCUT2D eigenvalue weighted by atomic mass is 10.1. The predicted octanol–water partition coefficient (Wildman–Crippen LogP) is 3.68. The maximum absolute atomic E-state index is 16.4. The van der Waals surface area contributed by atoms with Crippen molar-refractivity contribution in [3.63, 3.8) is 0 Å². The minimum atomic E-state index is -4.73. The van der Waals surface area contributed by atoms with E-state index in [-0.39, 0.29) is 34.6 Å².